The summed E-state index contributed by atoms with van der Waals surface area (Å²) < 4.78 is 0. The van der Waals surface area contributed by atoms with Crippen LogP contribution in [0, 0.1) is 0 Å². The van der Waals surface area contributed by atoms with Crippen molar-refractivity contribution in [2.75, 3.05) is 0 Å². The molecule has 0 amide bonds. The molecule has 6 rings (SSSR count). The minimum atomic E-state index is -0.307. The summed E-state index contributed by atoms with van der Waals surface area (Å²) in [6.07, 6.45) is 0. The number of hydrogen-bond donors (Lipinski definition) is 0. The van der Waals surface area contributed by atoms with Crippen molar-refractivity contribution in [3.8, 4) is 22.3 Å². The molecule has 4 aromatic carbocycles. The summed E-state index contributed by atoms with van der Waals surface area (Å²) in [7, 11) is 13.7. The van der Waals surface area contributed by atoms with Gasteiger partial charge in [-0.05, 0) is 44.5 Å². The molecular weight excluding hydrogens is 429 g/mol. The van der Waals surface area contributed by atoms with Gasteiger partial charge in [0.05, 0.1) is 12.6 Å². The lowest BCUT2D eigenvalue weighted by atomic mass is 9.51. The van der Waals surface area contributed by atoms with E-state index in [2.05, 4.69) is 78.9 Å². The topological polar surface area (TPSA) is 0 Å². The molecule has 0 bridgehead atoms. The van der Waals surface area contributed by atoms with Crippen LogP contribution >= 0.6 is 0 Å². The smallest absolute Gasteiger partial charge is 0.0974 e. The summed E-state index contributed by atoms with van der Waals surface area (Å²) in [6.45, 7) is 16.0. The highest BCUT2D eigenvalue weighted by atomic mass is 14.5. The Labute approximate surface area is 223 Å². The van der Waals surface area contributed by atoms with Crippen molar-refractivity contribution in [3.05, 3.63) is 107 Å². The van der Waals surface area contributed by atoms with Gasteiger partial charge in [-0.1, -0.05) is 151 Å². The van der Waals surface area contributed by atoms with Crippen LogP contribution < -0.4 is 10.9 Å². The van der Waals surface area contributed by atoms with Gasteiger partial charge in [0.15, 0.2) is 0 Å². The van der Waals surface area contributed by atoms with Crippen LogP contribution in [0.25, 0.3) is 22.3 Å². The second kappa shape index (κ2) is 13.4. The maximum Gasteiger partial charge on any atom is 0.113 e. The zero-order chi connectivity index (χ0) is 26.9. The van der Waals surface area contributed by atoms with Crippen molar-refractivity contribution in [3.63, 3.8) is 0 Å². The molecule has 0 atom stereocenters. The van der Waals surface area contributed by atoms with Gasteiger partial charge >= 0.3 is 0 Å². The lowest BCUT2D eigenvalue weighted by molar-refractivity contribution is 0.794. The normalized spacial score (nSPS) is 11.8. The Bertz CT molecular complexity index is 1230. The Morgan fingerprint density at radius 3 is 1.42 bits per heavy atom. The molecule has 36 heavy (non-hydrogen) atoms. The van der Waals surface area contributed by atoms with Crippen molar-refractivity contribution in [1.82, 2.24) is 0 Å². The van der Waals surface area contributed by atoms with Crippen LogP contribution in [0.3, 0.4) is 0 Å². The predicted molar refractivity (Wildman–Crippen MR) is 165 cm³/mol. The molecule has 5 radical (unpaired) electrons. The van der Waals surface area contributed by atoms with Gasteiger partial charge in [-0.25, -0.2) is 0 Å². The van der Waals surface area contributed by atoms with Gasteiger partial charge in [-0.3, -0.25) is 0 Å². The lowest BCUT2D eigenvalue weighted by Crippen LogP contribution is -2.26. The van der Waals surface area contributed by atoms with E-state index in [1.54, 1.807) is 7.17 Å². The first kappa shape index (κ1) is 29.3. The summed E-state index contributed by atoms with van der Waals surface area (Å²) in [6, 6.07) is 30.4. The SMILES string of the molecule is CC.CC.CC.CC.[B][B]c1ccc2c(c1)-c1cc([B])ccc1C21c2ccccc2-c2ccccc21. The highest BCUT2D eigenvalue weighted by molar-refractivity contribution is 6.97. The van der Waals surface area contributed by atoms with Gasteiger partial charge in [0, 0.05) is 7.74 Å². The van der Waals surface area contributed by atoms with Crippen LogP contribution in [0.5, 0.6) is 0 Å². The first-order valence-corrected chi connectivity index (χ1v) is 13.5. The monoisotopic (exact) mass is 467 g/mol. The maximum atomic E-state index is 6.20. The van der Waals surface area contributed by atoms with E-state index in [-0.39, 0.29) is 5.41 Å². The third kappa shape index (κ3) is 4.50. The fourth-order valence-corrected chi connectivity index (χ4v) is 5.29. The first-order valence-electron chi connectivity index (χ1n) is 13.5. The molecule has 0 aliphatic heterocycles. The average molecular weight is 467 g/mol. The van der Waals surface area contributed by atoms with Gasteiger partial charge in [-0.2, -0.15) is 0 Å². The number of fused-ring (bicyclic) bond motifs is 10. The third-order valence-corrected chi connectivity index (χ3v) is 6.33. The molecule has 0 aromatic heterocycles. The summed E-state index contributed by atoms with van der Waals surface area (Å²) in [5.41, 5.74) is 11.8. The summed E-state index contributed by atoms with van der Waals surface area (Å²) >= 11 is 0. The Hall–Kier alpha value is -2.93. The molecule has 3 heteroatoms. The molecule has 0 heterocycles. The second-order valence-electron chi connectivity index (χ2n) is 7.62. The molecule has 2 aliphatic carbocycles. The van der Waals surface area contributed by atoms with Crippen molar-refractivity contribution >= 4 is 33.7 Å². The molecule has 4 aromatic rings. The van der Waals surface area contributed by atoms with Crippen molar-refractivity contribution in [2.24, 2.45) is 0 Å². The summed E-state index contributed by atoms with van der Waals surface area (Å²) in [5, 5.41) is 0. The van der Waals surface area contributed by atoms with Gasteiger partial charge in [0.2, 0.25) is 0 Å². The Morgan fingerprint density at radius 1 is 0.500 bits per heavy atom. The number of rotatable bonds is 1. The molecule has 0 saturated heterocycles. The van der Waals surface area contributed by atoms with E-state index in [0.29, 0.717) is 0 Å². The minimum absolute atomic E-state index is 0.307. The Kier molecular flexibility index (Phi) is 10.9. The van der Waals surface area contributed by atoms with Gasteiger partial charge in [0.25, 0.3) is 0 Å². The molecule has 179 valence electrons. The van der Waals surface area contributed by atoms with E-state index < -0.39 is 0 Å². The van der Waals surface area contributed by atoms with E-state index in [1.807, 2.05) is 61.5 Å². The standard InChI is InChI=1S/C25H14B3.4C2H6/c26-15-9-11-23-19(13-15)20-14-16(28-27)10-12-24(20)25(23)21-7-3-1-5-17(21)18-6-2-4-8-22(18)25;4*1-2/h1-14H;4*1-2H3. The predicted octanol–water partition coefficient (Wildman–Crippen LogP) is 7.34. The number of benzene rings is 4. The van der Waals surface area contributed by atoms with E-state index in [4.69, 9.17) is 15.6 Å². The average Bonchev–Trinajstić information content (AvgIpc) is 3.43. The Balaban J connectivity index is 0.000000523. The zero-order valence-corrected chi connectivity index (χ0v) is 23.3. The molecule has 0 unspecified atom stereocenters. The molecular formula is C33H38B3. The van der Waals surface area contributed by atoms with E-state index >= 15 is 0 Å². The molecule has 0 nitrogen and oxygen atoms in total. The van der Waals surface area contributed by atoms with E-state index in [0.717, 1.165) is 10.9 Å². The van der Waals surface area contributed by atoms with Crippen molar-refractivity contribution in [2.45, 2.75) is 60.8 Å². The molecule has 1 spiro atoms. The Morgan fingerprint density at radius 2 is 0.917 bits per heavy atom. The highest BCUT2D eigenvalue weighted by Gasteiger charge is 2.51. The molecule has 0 N–H and O–H groups in total. The maximum absolute atomic E-state index is 6.20. The zero-order valence-electron chi connectivity index (χ0n) is 23.3. The lowest BCUT2D eigenvalue weighted by Gasteiger charge is -2.30. The van der Waals surface area contributed by atoms with Crippen molar-refractivity contribution < 1.29 is 0 Å². The van der Waals surface area contributed by atoms with Crippen LogP contribution in [0.1, 0.15) is 77.6 Å². The molecule has 0 fully saturated rings. The van der Waals surface area contributed by atoms with Gasteiger partial charge in [0.1, 0.15) is 7.85 Å². The van der Waals surface area contributed by atoms with Crippen LogP contribution in [-0.2, 0) is 5.41 Å². The van der Waals surface area contributed by atoms with Gasteiger partial charge < -0.3 is 0 Å². The fraction of sp³-hybridized carbons (Fsp3) is 0.273. The highest BCUT2D eigenvalue weighted by Crippen LogP contribution is 2.62. The van der Waals surface area contributed by atoms with Crippen LogP contribution in [0.4, 0.5) is 0 Å². The minimum Gasteiger partial charge on any atom is -0.0974 e. The van der Waals surface area contributed by atoms with Crippen LogP contribution in [0.2, 0.25) is 0 Å². The quantitative estimate of drug-likeness (QED) is 0.222. The van der Waals surface area contributed by atoms with Crippen LogP contribution in [-0.4, -0.2) is 22.8 Å². The first-order chi connectivity index (χ1) is 17.7. The summed E-state index contributed by atoms with van der Waals surface area (Å²) in [4.78, 5) is 0. The van der Waals surface area contributed by atoms with Gasteiger partial charge in [-0.15, -0.1) is 0 Å². The number of hydrogen-bond acceptors (Lipinski definition) is 0. The molecule has 2 aliphatic rings. The van der Waals surface area contributed by atoms with Crippen molar-refractivity contribution in [1.29, 1.82) is 0 Å². The van der Waals surface area contributed by atoms with E-state index in [1.165, 1.54) is 44.5 Å². The summed E-state index contributed by atoms with van der Waals surface area (Å²) in [5.74, 6) is 0. The van der Waals surface area contributed by atoms with E-state index in [9.17, 15) is 0 Å². The van der Waals surface area contributed by atoms with Crippen LogP contribution in [0.15, 0.2) is 84.9 Å². The largest absolute Gasteiger partial charge is 0.113 e. The second-order valence-corrected chi connectivity index (χ2v) is 7.62. The third-order valence-electron chi connectivity index (χ3n) is 6.33. The molecule has 0 saturated carbocycles. The fourth-order valence-electron chi connectivity index (χ4n) is 5.29.